The van der Waals surface area contributed by atoms with E-state index in [4.69, 9.17) is 10.8 Å². The molecular weight excluding hydrogens is 266 g/mol. The van der Waals surface area contributed by atoms with E-state index in [-0.39, 0.29) is 12.5 Å². The highest BCUT2D eigenvalue weighted by Gasteiger charge is 2.07. The van der Waals surface area contributed by atoms with Crippen LogP contribution in [0.5, 0.6) is 0 Å². The molecule has 118 valence electrons. The molecule has 0 aromatic heterocycles. The van der Waals surface area contributed by atoms with Gasteiger partial charge in [-0.15, -0.1) is 0 Å². The van der Waals surface area contributed by atoms with Gasteiger partial charge in [0.15, 0.2) is 0 Å². The normalized spacial score (nSPS) is 10.9. The number of carbonyl (C=O) groups is 1. The van der Waals surface area contributed by atoms with Gasteiger partial charge >= 0.3 is 0 Å². The predicted molar refractivity (Wildman–Crippen MR) is 87.3 cm³/mol. The number of nitrogens with two attached hydrogens (primary N) is 1. The number of nitrogens with zero attached hydrogens (tertiary/aromatic N) is 1. The third-order valence-corrected chi connectivity index (χ3v) is 3.61. The number of aliphatic hydroxyl groups excluding tert-OH is 1. The number of nitrogen functional groups attached to an aromatic ring is 1. The number of rotatable bonds is 9. The van der Waals surface area contributed by atoms with E-state index in [1.165, 1.54) is 0 Å². The summed E-state index contributed by atoms with van der Waals surface area (Å²) >= 11 is 0. The summed E-state index contributed by atoms with van der Waals surface area (Å²) in [6.07, 6.45) is 2.08. The van der Waals surface area contributed by atoms with E-state index in [0.717, 1.165) is 43.7 Å². The van der Waals surface area contributed by atoms with Crippen LogP contribution in [0.3, 0.4) is 0 Å². The van der Waals surface area contributed by atoms with Crippen molar-refractivity contribution < 1.29 is 9.90 Å². The molecule has 0 aliphatic rings. The molecule has 21 heavy (non-hydrogen) atoms. The van der Waals surface area contributed by atoms with Gasteiger partial charge in [-0.3, -0.25) is 4.79 Å². The average Bonchev–Trinajstić information content (AvgIpc) is 2.47. The average molecular weight is 293 g/mol. The minimum Gasteiger partial charge on any atom is -0.398 e. The number of benzene rings is 1. The van der Waals surface area contributed by atoms with Gasteiger partial charge in [-0.2, -0.15) is 0 Å². The van der Waals surface area contributed by atoms with E-state index >= 15 is 0 Å². The quantitative estimate of drug-likeness (QED) is 0.609. The molecule has 1 aromatic carbocycles. The monoisotopic (exact) mass is 293 g/mol. The molecule has 5 nitrogen and oxygen atoms in total. The van der Waals surface area contributed by atoms with Gasteiger partial charge in [0.1, 0.15) is 0 Å². The van der Waals surface area contributed by atoms with Crippen LogP contribution in [0, 0.1) is 6.92 Å². The fourth-order valence-corrected chi connectivity index (χ4v) is 2.19. The molecule has 0 heterocycles. The maximum atomic E-state index is 11.9. The standard InChI is InChI=1S/C16H27N3O2/c1-3-19(11-6-12-20)10-5-9-16(21)18-15-8-4-7-14(17)13(15)2/h4,7-8,20H,3,5-6,9-12,17H2,1-2H3,(H,18,21). The van der Waals surface area contributed by atoms with E-state index in [2.05, 4.69) is 17.1 Å². The molecule has 1 amide bonds. The number of anilines is 2. The molecular formula is C16H27N3O2. The Morgan fingerprint density at radius 1 is 1.33 bits per heavy atom. The topological polar surface area (TPSA) is 78.6 Å². The molecule has 0 saturated carbocycles. The number of nitrogens with one attached hydrogen (secondary N) is 1. The Morgan fingerprint density at radius 3 is 2.71 bits per heavy atom. The van der Waals surface area contributed by atoms with Crippen LogP contribution in [0.1, 0.15) is 31.7 Å². The molecule has 4 N–H and O–H groups in total. The summed E-state index contributed by atoms with van der Waals surface area (Å²) in [6, 6.07) is 5.53. The van der Waals surface area contributed by atoms with E-state index in [1.807, 2.05) is 25.1 Å². The van der Waals surface area contributed by atoms with Crippen LogP contribution >= 0.6 is 0 Å². The van der Waals surface area contributed by atoms with E-state index in [0.29, 0.717) is 12.1 Å². The Bertz CT molecular complexity index is 449. The second kappa shape index (κ2) is 9.37. The fourth-order valence-electron chi connectivity index (χ4n) is 2.19. The number of amides is 1. The molecule has 0 bridgehead atoms. The van der Waals surface area contributed by atoms with E-state index in [9.17, 15) is 4.79 Å². The van der Waals surface area contributed by atoms with Crippen molar-refractivity contribution in [2.45, 2.75) is 33.1 Å². The highest BCUT2D eigenvalue weighted by molar-refractivity contribution is 5.92. The van der Waals surface area contributed by atoms with Crippen molar-refractivity contribution >= 4 is 17.3 Å². The van der Waals surface area contributed by atoms with Gasteiger partial charge in [-0.25, -0.2) is 0 Å². The molecule has 5 heteroatoms. The second-order valence-corrected chi connectivity index (χ2v) is 5.18. The van der Waals surface area contributed by atoms with Crippen molar-refractivity contribution in [1.29, 1.82) is 0 Å². The van der Waals surface area contributed by atoms with E-state index < -0.39 is 0 Å². The van der Waals surface area contributed by atoms with Gasteiger partial charge < -0.3 is 21.1 Å². The number of hydrogen-bond donors (Lipinski definition) is 3. The SMILES string of the molecule is CCN(CCCO)CCCC(=O)Nc1cccc(N)c1C. The van der Waals surface area contributed by atoms with Gasteiger partial charge in [-0.1, -0.05) is 13.0 Å². The fraction of sp³-hybridized carbons (Fsp3) is 0.562. The Hall–Kier alpha value is -1.59. The third-order valence-electron chi connectivity index (χ3n) is 3.61. The Labute approximate surface area is 127 Å². The molecule has 0 unspecified atom stereocenters. The van der Waals surface area contributed by atoms with Crippen LogP contribution in [0.2, 0.25) is 0 Å². The number of hydrogen-bond acceptors (Lipinski definition) is 4. The lowest BCUT2D eigenvalue weighted by Gasteiger charge is -2.19. The van der Waals surface area contributed by atoms with Gasteiger partial charge in [0, 0.05) is 30.9 Å². The van der Waals surface area contributed by atoms with Crippen molar-refractivity contribution in [2.75, 3.05) is 37.3 Å². The molecule has 0 fully saturated rings. The van der Waals surface area contributed by atoms with Gasteiger partial charge in [-0.05, 0) is 50.6 Å². The van der Waals surface area contributed by atoms with Crippen LogP contribution in [0.25, 0.3) is 0 Å². The molecule has 0 saturated heterocycles. The molecule has 0 aliphatic heterocycles. The van der Waals surface area contributed by atoms with Crippen LogP contribution in [0.15, 0.2) is 18.2 Å². The highest BCUT2D eigenvalue weighted by Crippen LogP contribution is 2.20. The molecule has 1 rings (SSSR count). The van der Waals surface area contributed by atoms with Crippen LogP contribution in [-0.2, 0) is 4.79 Å². The number of aliphatic hydroxyl groups is 1. The van der Waals surface area contributed by atoms with Crippen molar-refractivity contribution in [3.63, 3.8) is 0 Å². The molecule has 1 aromatic rings. The zero-order valence-electron chi connectivity index (χ0n) is 13.1. The lowest BCUT2D eigenvalue weighted by atomic mass is 10.1. The number of carbonyl (C=O) groups excluding carboxylic acids is 1. The van der Waals surface area contributed by atoms with Crippen molar-refractivity contribution in [2.24, 2.45) is 0 Å². The molecule has 0 aliphatic carbocycles. The first-order valence-corrected chi connectivity index (χ1v) is 7.56. The first-order chi connectivity index (χ1) is 10.1. The van der Waals surface area contributed by atoms with E-state index in [1.54, 1.807) is 0 Å². The zero-order chi connectivity index (χ0) is 15.7. The summed E-state index contributed by atoms with van der Waals surface area (Å²) in [7, 11) is 0. The maximum Gasteiger partial charge on any atom is 0.224 e. The van der Waals surface area contributed by atoms with Gasteiger partial charge in [0.25, 0.3) is 0 Å². The van der Waals surface area contributed by atoms with Crippen LogP contribution in [-0.4, -0.2) is 42.2 Å². The summed E-state index contributed by atoms with van der Waals surface area (Å²) in [5.74, 6) is 0.0157. The third kappa shape index (κ3) is 6.14. The molecule has 0 radical (unpaired) electrons. The lowest BCUT2D eigenvalue weighted by molar-refractivity contribution is -0.116. The smallest absolute Gasteiger partial charge is 0.224 e. The van der Waals surface area contributed by atoms with Crippen molar-refractivity contribution in [1.82, 2.24) is 4.90 Å². The molecule has 0 spiro atoms. The second-order valence-electron chi connectivity index (χ2n) is 5.18. The van der Waals surface area contributed by atoms with Gasteiger partial charge in [0.05, 0.1) is 0 Å². The molecule has 0 atom stereocenters. The Morgan fingerprint density at radius 2 is 2.05 bits per heavy atom. The summed E-state index contributed by atoms with van der Waals surface area (Å²) in [6.45, 7) is 6.90. The summed E-state index contributed by atoms with van der Waals surface area (Å²) in [4.78, 5) is 14.2. The Kier molecular flexibility index (Phi) is 7.79. The van der Waals surface area contributed by atoms with Crippen molar-refractivity contribution in [3.05, 3.63) is 23.8 Å². The lowest BCUT2D eigenvalue weighted by Crippen LogP contribution is -2.27. The first kappa shape index (κ1) is 17.5. The Balaban J connectivity index is 2.35. The zero-order valence-corrected chi connectivity index (χ0v) is 13.1. The minimum atomic E-state index is 0.0157. The largest absolute Gasteiger partial charge is 0.398 e. The maximum absolute atomic E-state index is 11.9. The summed E-state index contributed by atoms with van der Waals surface area (Å²) in [5, 5.41) is 11.7. The summed E-state index contributed by atoms with van der Waals surface area (Å²) < 4.78 is 0. The summed E-state index contributed by atoms with van der Waals surface area (Å²) in [5.41, 5.74) is 8.20. The van der Waals surface area contributed by atoms with Gasteiger partial charge in [0.2, 0.25) is 5.91 Å². The predicted octanol–water partition coefficient (Wildman–Crippen LogP) is 2.00. The highest BCUT2D eigenvalue weighted by atomic mass is 16.3. The van der Waals surface area contributed by atoms with Crippen molar-refractivity contribution in [3.8, 4) is 0 Å². The minimum absolute atomic E-state index is 0.0157. The first-order valence-electron chi connectivity index (χ1n) is 7.56. The van der Waals surface area contributed by atoms with Crippen LogP contribution in [0.4, 0.5) is 11.4 Å². The van der Waals surface area contributed by atoms with Crippen LogP contribution < -0.4 is 11.1 Å².